The van der Waals surface area contributed by atoms with Crippen molar-refractivity contribution < 1.29 is 14.0 Å². The fourth-order valence-electron chi connectivity index (χ4n) is 2.59. The molecule has 6 heteroatoms. The summed E-state index contributed by atoms with van der Waals surface area (Å²) in [7, 11) is 0. The van der Waals surface area contributed by atoms with Gasteiger partial charge in [-0.3, -0.25) is 20.4 Å². The van der Waals surface area contributed by atoms with Crippen LogP contribution in [-0.2, 0) is 11.2 Å². The van der Waals surface area contributed by atoms with Gasteiger partial charge in [-0.25, -0.2) is 0 Å². The molecule has 0 atom stereocenters. The maximum atomic E-state index is 12.2. The van der Waals surface area contributed by atoms with E-state index in [2.05, 4.69) is 10.9 Å². The van der Waals surface area contributed by atoms with Crippen LogP contribution in [0.5, 0.6) is 0 Å². The number of halogens is 1. The molecule has 0 saturated carbocycles. The molecule has 3 aromatic rings. The first-order chi connectivity index (χ1) is 12.0. The van der Waals surface area contributed by atoms with Gasteiger partial charge in [-0.05, 0) is 37.1 Å². The van der Waals surface area contributed by atoms with Gasteiger partial charge in [0.25, 0.3) is 0 Å². The highest BCUT2D eigenvalue weighted by molar-refractivity contribution is 6.30. The monoisotopic (exact) mass is 356 g/mol. The van der Waals surface area contributed by atoms with Crippen molar-refractivity contribution in [1.82, 2.24) is 10.9 Å². The SMILES string of the molecule is Cc1c(C(=O)NNC(=O)CCc2cccc(Cl)c2)oc2ccccc12. The summed E-state index contributed by atoms with van der Waals surface area (Å²) in [6, 6.07) is 14.7. The number of benzene rings is 2. The minimum absolute atomic E-state index is 0.191. The lowest BCUT2D eigenvalue weighted by molar-refractivity contribution is -0.121. The summed E-state index contributed by atoms with van der Waals surface area (Å²) in [6.07, 6.45) is 0.770. The third kappa shape index (κ3) is 4.00. The third-order valence-electron chi connectivity index (χ3n) is 3.90. The highest BCUT2D eigenvalue weighted by Crippen LogP contribution is 2.24. The van der Waals surface area contributed by atoms with E-state index in [0.717, 1.165) is 16.5 Å². The first kappa shape index (κ1) is 17.0. The Labute approximate surface area is 149 Å². The van der Waals surface area contributed by atoms with E-state index in [1.165, 1.54) is 0 Å². The molecule has 0 radical (unpaired) electrons. The molecule has 3 rings (SSSR count). The summed E-state index contributed by atoms with van der Waals surface area (Å²) in [5.74, 6) is -0.580. The van der Waals surface area contributed by atoms with Crippen LogP contribution in [0.15, 0.2) is 52.9 Å². The van der Waals surface area contributed by atoms with Crippen molar-refractivity contribution in [1.29, 1.82) is 0 Å². The van der Waals surface area contributed by atoms with E-state index in [9.17, 15) is 9.59 Å². The number of carbonyl (C=O) groups is 2. The zero-order valence-corrected chi connectivity index (χ0v) is 14.4. The van der Waals surface area contributed by atoms with Crippen LogP contribution in [0, 0.1) is 6.92 Å². The molecule has 25 heavy (non-hydrogen) atoms. The molecule has 1 heterocycles. The van der Waals surface area contributed by atoms with E-state index in [1.807, 2.05) is 43.3 Å². The Morgan fingerprint density at radius 2 is 1.88 bits per heavy atom. The normalized spacial score (nSPS) is 10.6. The van der Waals surface area contributed by atoms with E-state index >= 15 is 0 Å². The number of para-hydroxylation sites is 1. The van der Waals surface area contributed by atoms with Crippen molar-refractivity contribution in [3.63, 3.8) is 0 Å². The number of carbonyl (C=O) groups excluding carboxylic acids is 2. The summed E-state index contributed by atoms with van der Waals surface area (Å²) in [5, 5.41) is 1.51. The van der Waals surface area contributed by atoms with Crippen LogP contribution in [-0.4, -0.2) is 11.8 Å². The predicted octanol–water partition coefficient (Wildman–Crippen LogP) is 3.79. The lowest BCUT2D eigenvalue weighted by Gasteiger charge is -2.06. The van der Waals surface area contributed by atoms with Crippen LogP contribution < -0.4 is 10.9 Å². The summed E-state index contributed by atoms with van der Waals surface area (Å²) < 4.78 is 5.56. The second kappa shape index (κ2) is 7.40. The van der Waals surface area contributed by atoms with Crippen LogP contribution in [0.25, 0.3) is 11.0 Å². The van der Waals surface area contributed by atoms with Crippen LogP contribution in [0.4, 0.5) is 0 Å². The smallest absolute Gasteiger partial charge is 0.305 e. The molecule has 0 fully saturated rings. The number of hydrazine groups is 1. The molecular formula is C19H17ClN2O3. The molecule has 128 valence electrons. The van der Waals surface area contributed by atoms with E-state index in [1.54, 1.807) is 12.1 Å². The van der Waals surface area contributed by atoms with Crippen molar-refractivity contribution >= 4 is 34.4 Å². The molecule has 0 spiro atoms. The largest absolute Gasteiger partial charge is 0.451 e. The van der Waals surface area contributed by atoms with Crippen LogP contribution in [0.3, 0.4) is 0 Å². The molecule has 0 unspecified atom stereocenters. The molecule has 0 aliphatic carbocycles. The van der Waals surface area contributed by atoms with Crippen LogP contribution in [0.2, 0.25) is 5.02 Å². The molecule has 0 aliphatic rings. The van der Waals surface area contributed by atoms with Crippen molar-refractivity contribution in [2.75, 3.05) is 0 Å². The van der Waals surface area contributed by atoms with Gasteiger partial charge < -0.3 is 4.42 Å². The lowest BCUT2D eigenvalue weighted by atomic mass is 10.1. The summed E-state index contributed by atoms with van der Waals surface area (Å²) in [6.45, 7) is 1.81. The minimum Gasteiger partial charge on any atom is -0.451 e. The Morgan fingerprint density at radius 3 is 2.64 bits per heavy atom. The van der Waals surface area contributed by atoms with Gasteiger partial charge in [0.05, 0.1) is 0 Å². The van der Waals surface area contributed by atoms with Crippen molar-refractivity contribution in [2.24, 2.45) is 0 Å². The molecule has 2 aromatic carbocycles. The van der Waals surface area contributed by atoms with Crippen molar-refractivity contribution in [3.05, 3.63) is 70.4 Å². The van der Waals surface area contributed by atoms with Gasteiger partial charge >= 0.3 is 5.91 Å². The van der Waals surface area contributed by atoms with Crippen LogP contribution in [0.1, 0.15) is 28.1 Å². The molecule has 0 aliphatic heterocycles. The van der Waals surface area contributed by atoms with Crippen molar-refractivity contribution in [2.45, 2.75) is 19.8 Å². The molecule has 0 saturated heterocycles. The van der Waals surface area contributed by atoms with Gasteiger partial charge in [0, 0.05) is 22.4 Å². The highest BCUT2D eigenvalue weighted by Gasteiger charge is 2.17. The zero-order chi connectivity index (χ0) is 17.8. The van der Waals surface area contributed by atoms with E-state index in [0.29, 0.717) is 17.0 Å². The maximum Gasteiger partial charge on any atom is 0.305 e. The molecule has 5 nitrogen and oxygen atoms in total. The number of aryl methyl sites for hydroxylation is 2. The maximum absolute atomic E-state index is 12.2. The predicted molar refractivity (Wildman–Crippen MR) is 96.3 cm³/mol. The topological polar surface area (TPSA) is 71.3 Å². The first-order valence-electron chi connectivity index (χ1n) is 7.86. The van der Waals surface area contributed by atoms with Gasteiger partial charge in [0.2, 0.25) is 5.91 Å². The van der Waals surface area contributed by atoms with Crippen molar-refractivity contribution in [3.8, 4) is 0 Å². The summed E-state index contributed by atoms with van der Waals surface area (Å²) in [4.78, 5) is 24.1. The number of fused-ring (bicyclic) bond motifs is 1. The Balaban J connectivity index is 1.56. The number of nitrogens with one attached hydrogen (secondary N) is 2. The third-order valence-corrected chi connectivity index (χ3v) is 4.13. The summed E-state index contributed by atoms with van der Waals surface area (Å²) >= 11 is 5.91. The summed E-state index contributed by atoms with van der Waals surface area (Å²) in [5.41, 5.74) is 7.13. The molecule has 0 bridgehead atoms. The number of furan rings is 1. The van der Waals surface area contributed by atoms with E-state index in [-0.39, 0.29) is 18.1 Å². The first-order valence-corrected chi connectivity index (χ1v) is 8.24. The Morgan fingerprint density at radius 1 is 1.08 bits per heavy atom. The number of hydrogen-bond acceptors (Lipinski definition) is 3. The average Bonchev–Trinajstić information content (AvgIpc) is 2.95. The quantitative estimate of drug-likeness (QED) is 0.699. The van der Waals surface area contributed by atoms with Gasteiger partial charge in [0.15, 0.2) is 5.76 Å². The second-order valence-electron chi connectivity index (χ2n) is 5.68. The van der Waals surface area contributed by atoms with Gasteiger partial charge in [-0.2, -0.15) is 0 Å². The number of hydrogen-bond donors (Lipinski definition) is 2. The highest BCUT2D eigenvalue weighted by atomic mass is 35.5. The average molecular weight is 357 g/mol. The Hall–Kier alpha value is -2.79. The van der Waals surface area contributed by atoms with Gasteiger partial charge in [0.1, 0.15) is 5.58 Å². The minimum atomic E-state index is -0.482. The van der Waals surface area contributed by atoms with E-state index < -0.39 is 5.91 Å². The van der Waals surface area contributed by atoms with Gasteiger partial charge in [-0.15, -0.1) is 0 Å². The standard InChI is InChI=1S/C19H17ClN2O3/c1-12-15-7-2-3-8-16(15)25-18(12)19(24)22-21-17(23)10-9-13-5-4-6-14(20)11-13/h2-8,11H,9-10H2,1H3,(H,21,23)(H,22,24). The van der Waals surface area contributed by atoms with Gasteiger partial charge in [-0.1, -0.05) is 41.9 Å². The molecule has 2 amide bonds. The second-order valence-corrected chi connectivity index (χ2v) is 6.12. The number of amides is 2. The molecule has 2 N–H and O–H groups in total. The molecule has 1 aromatic heterocycles. The fourth-order valence-corrected chi connectivity index (χ4v) is 2.80. The number of rotatable bonds is 4. The molecular weight excluding hydrogens is 340 g/mol. The Kier molecular flexibility index (Phi) is 5.05. The lowest BCUT2D eigenvalue weighted by Crippen LogP contribution is -2.41. The van der Waals surface area contributed by atoms with E-state index in [4.69, 9.17) is 16.0 Å². The zero-order valence-electron chi connectivity index (χ0n) is 13.6. The van der Waals surface area contributed by atoms with Crippen LogP contribution >= 0.6 is 11.6 Å². The Bertz CT molecular complexity index is 933. The fraction of sp³-hybridized carbons (Fsp3) is 0.158.